The average Bonchev–Trinajstić information content (AvgIpc) is 2.24. The number of aryl methyl sites for hydroxylation is 2. The van der Waals surface area contributed by atoms with Gasteiger partial charge in [0.05, 0.1) is 5.69 Å². The minimum absolute atomic E-state index is 0.558. The van der Waals surface area contributed by atoms with Crippen LogP contribution in [0.2, 0.25) is 0 Å². The van der Waals surface area contributed by atoms with Crippen molar-refractivity contribution in [3.05, 3.63) is 47.9 Å². The molecule has 0 atom stereocenters. The number of nitrogens with zero attached hydrogens (tertiary/aromatic N) is 2. The van der Waals surface area contributed by atoms with Crippen molar-refractivity contribution in [1.82, 2.24) is 9.97 Å². The molecule has 3 heteroatoms. The molecule has 0 bridgehead atoms. The van der Waals surface area contributed by atoms with Crippen molar-refractivity contribution in [3.8, 4) is 11.6 Å². The van der Waals surface area contributed by atoms with Gasteiger partial charge in [0, 0.05) is 24.0 Å². The molecule has 0 fully saturated rings. The third kappa shape index (κ3) is 2.31. The molecule has 0 aliphatic heterocycles. The summed E-state index contributed by atoms with van der Waals surface area (Å²) in [4.78, 5) is 8.34. The van der Waals surface area contributed by atoms with Crippen LogP contribution >= 0.6 is 0 Å². The van der Waals surface area contributed by atoms with Gasteiger partial charge in [0.15, 0.2) is 5.75 Å². The van der Waals surface area contributed by atoms with Crippen LogP contribution < -0.4 is 4.74 Å². The van der Waals surface area contributed by atoms with Crippen LogP contribution in [0.4, 0.5) is 0 Å². The maximum Gasteiger partial charge on any atom is 0.219 e. The molecule has 0 aliphatic carbocycles. The molecule has 0 aromatic carbocycles. The second-order valence-electron chi connectivity index (χ2n) is 3.23. The number of hydrogen-bond donors (Lipinski definition) is 0. The molecule has 15 heavy (non-hydrogen) atoms. The van der Waals surface area contributed by atoms with E-state index in [1.165, 1.54) is 0 Å². The lowest BCUT2D eigenvalue weighted by molar-refractivity contribution is 0.456. The van der Waals surface area contributed by atoms with Crippen molar-refractivity contribution in [2.75, 3.05) is 0 Å². The van der Waals surface area contributed by atoms with E-state index < -0.39 is 0 Å². The first-order valence-corrected chi connectivity index (χ1v) is 4.70. The van der Waals surface area contributed by atoms with Gasteiger partial charge in [0.2, 0.25) is 5.88 Å². The summed E-state index contributed by atoms with van der Waals surface area (Å²) in [5.74, 6) is 1.29. The van der Waals surface area contributed by atoms with E-state index in [2.05, 4.69) is 16.0 Å². The van der Waals surface area contributed by atoms with Crippen LogP contribution in [0.25, 0.3) is 0 Å². The van der Waals surface area contributed by atoms with E-state index in [0.29, 0.717) is 5.88 Å². The summed E-state index contributed by atoms with van der Waals surface area (Å²) in [6.45, 7) is 3.86. The summed E-state index contributed by atoms with van der Waals surface area (Å²) < 4.78 is 5.57. The topological polar surface area (TPSA) is 35.0 Å². The SMILES string of the molecule is Cc1ccc(Oc2cc[c]cn2)c(C)n1. The van der Waals surface area contributed by atoms with Gasteiger partial charge in [-0.1, -0.05) is 0 Å². The minimum atomic E-state index is 0.558. The summed E-state index contributed by atoms with van der Waals surface area (Å²) in [6.07, 6.45) is 1.58. The maximum absolute atomic E-state index is 5.57. The van der Waals surface area contributed by atoms with E-state index in [-0.39, 0.29) is 0 Å². The monoisotopic (exact) mass is 199 g/mol. The average molecular weight is 199 g/mol. The van der Waals surface area contributed by atoms with Crippen molar-refractivity contribution in [1.29, 1.82) is 0 Å². The Morgan fingerprint density at radius 3 is 2.73 bits per heavy atom. The number of hydrogen-bond acceptors (Lipinski definition) is 3. The van der Waals surface area contributed by atoms with Crippen molar-refractivity contribution >= 4 is 0 Å². The lowest BCUT2D eigenvalue weighted by Crippen LogP contribution is -1.93. The quantitative estimate of drug-likeness (QED) is 0.745. The fourth-order valence-corrected chi connectivity index (χ4v) is 1.26. The standard InChI is InChI=1S/C12H11N2O/c1-9-6-7-11(10(2)14-9)15-12-5-3-4-8-13-12/h3,5-8H,1-2H3. The Morgan fingerprint density at radius 1 is 1.20 bits per heavy atom. The summed E-state index contributed by atoms with van der Waals surface area (Å²) in [5.41, 5.74) is 1.85. The van der Waals surface area contributed by atoms with E-state index in [4.69, 9.17) is 4.74 Å². The Morgan fingerprint density at radius 2 is 2.07 bits per heavy atom. The second kappa shape index (κ2) is 4.09. The number of aromatic nitrogens is 2. The minimum Gasteiger partial charge on any atom is -0.437 e. The van der Waals surface area contributed by atoms with Gasteiger partial charge < -0.3 is 4.74 Å². The molecule has 0 aliphatic rings. The molecule has 3 nitrogen and oxygen atoms in total. The normalized spacial score (nSPS) is 10.0. The zero-order valence-electron chi connectivity index (χ0n) is 8.69. The molecule has 75 valence electrons. The van der Waals surface area contributed by atoms with Crippen LogP contribution in [-0.4, -0.2) is 9.97 Å². The number of pyridine rings is 2. The number of rotatable bonds is 2. The van der Waals surface area contributed by atoms with Crippen molar-refractivity contribution < 1.29 is 4.74 Å². The Hall–Kier alpha value is -1.90. The van der Waals surface area contributed by atoms with Crippen molar-refractivity contribution in [3.63, 3.8) is 0 Å². The highest BCUT2D eigenvalue weighted by molar-refractivity contribution is 5.31. The van der Waals surface area contributed by atoms with Gasteiger partial charge in [0.1, 0.15) is 0 Å². The molecular formula is C12H11N2O. The molecule has 0 N–H and O–H groups in total. The van der Waals surface area contributed by atoms with Crippen LogP contribution in [-0.2, 0) is 0 Å². The lowest BCUT2D eigenvalue weighted by Gasteiger charge is -2.06. The predicted molar refractivity (Wildman–Crippen MR) is 56.9 cm³/mol. The van der Waals surface area contributed by atoms with Gasteiger partial charge in [-0.25, -0.2) is 4.98 Å². The van der Waals surface area contributed by atoms with E-state index >= 15 is 0 Å². The smallest absolute Gasteiger partial charge is 0.219 e. The first-order valence-electron chi connectivity index (χ1n) is 4.70. The van der Waals surface area contributed by atoms with Crippen LogP contribution in [0.3, 0.4) is 0 Å². The van der Waals surface area contributed by atoms with Crippen molar-refractivity contribution in [2.45, 2.75) is 13.8 Å². The van der Waals surface area contributed by atoms with Gasteiger partial charge in [0.25, 0.3) is 0 Å². The molecule has 2 heterocycles. The highest BCUT2D eigenvalue weighted by Gasteiger charge is 2.02. The lowest BCUT2D eigenvalue weighted by atomic mass is 10.3. The first-order chi connectivity index (χ1) is 7.25. The third-order valence-electron chi connectivity index (χ3n) is 1.98. The van der Waals surface area contributed by atoms with E-state index in [9.17, 15) is 0 Å². The first kappa shape index (κ1) is 9.65. The molecule has 0 unspecified atom stereocenters. The molecule has 2 rings (SSSR count). The van der Waals surface area contributed by atoms with Crippen LogP contribution in [0.5, 0.6) is 11.6 Å². The third-order valence-corrected chi connectivity index (χ3v) is 1.98. The van der Waals surface area contributed by atoms with Crippen LogP contribution in [0.1, 0.15) is 11.4 Å². The molecule has 2 aromatic heterocycles. The molecule has 0 spiro atoms. The Kier molecular flexibility index (Phi) is 2.63. The maximum atomic E-state index is 5.57. The van der Waals surface area contributed by atoms with E-state index in [1.54, 1.807) is 18.3 Å². The molecule has 1 radical (unpaired) electrons. The van der Waals surface area contributed by atoms with Crippen molar-refractivity contribution in [2.24, 2.45) is 0 Å². The summed E-state index contributed by atoms with van der Waals surface area (Å²) in [7, 11) is 0. The predicted octanol–water partition coefficient (Wildman–Crippen LogP) is 2.69. The summed E-state index contributed by atoms with van der Waals surface area (Å²) in [5, 5.41) is 0. The summed E-state index contributed by atoms with van der Waals surface area (Å²) >= 11 is 0. The molecular weight excluding hydrogens is 188 g/mol. The molecule has 0 saturated heterocycles. The Balaban J connectivity index is 2.25. The highest BCUT2D eigenvalue weighted by atomic mass is 16.5. The van der Waals surface area contributed by atoms with Gasteiger partial charge in [-0.15, -0.1) is 0 Å². The number of ether oxygens (including phenoxy) is 1. The second-order valence-corrected chi connectivity index (χ2v) is 3.23. The van der Waals surface area contributed by atoms with Gasteiger partial charge >= 0.3 is 0 Å². The molecule has 2 aromatic rings. The fraction of sp³-hybridized carbons (Fsp3) is 0.167. The van der Waals surface area contributed by atoms with E-state index in [0.717, 1.165) is 17.1 Å². The largest absolute Gasteiger partial charge is 0.437 e. The highest BCUT2D eigenvalue weighted by Crippen LogP contribution is 2.21. The zero-order chi connectivity index (χ0) is 10.7. The van der Waals surface area contributed by atoms with Gasteiger partial charge in [-0.2, -0.15) is 0 Å². The molecule has 0 amide bonds. The van der Waals surface area contributed by atoms with Gasteiger partial charge in [-0.05, 0) is 32.0 Å². The molecule has 0 saturated carbocycles. The Bertz CT molecular complexity index is 454. The fourth-order valence-electron chi connectivity index (χ4n) is 1.26. The van der Waals surface area contributed by atoms with E-state index in [1.807, 2.05) is 26.0 Å². The Labute approximate surface area is 88.8 Å². The summed E-state index contributed by atoms with van der Waals surface area (Å²) in [6, 6.07) is 10.2. The van der Waals surface area contributed by atoms with Crippen LogP contribution in [0, 0.1) is 19.9 Å². The van der Waals surface area contributed by atoms with Crippen LogP contribution in [0.15, 0.2) is 30.5 Å². The van der Waals surface area contributed by atoms with Gasteiger partial charge in [-0.3, -0.25) is 4.98 Å². The zero-order valence-corrected chi connectivity index (χ0v) is 8.69.